The number of carbonyl (C=O) groups is 4. The number of aromatic nitrogens is 6. The molecule has 0 radical (unpaired) electrons. The van der Waals surface area contributed by atoms with Crippen LogP contribution in [0.1, 0.15) is 63.1 Å². The molecule has 17 nitrogen and oxygen atoms in total. The molecule has 61 heavy (non-hydrogen) atoms. The fourth-order valence-corrected chi connectivity index (χ4v) is 15.5. The molecule has 2 unspecified atom stereocenters. The molecule has 0 aliphatic carbocycles. The second kappa shape index (κ2) is 23.6. The summed E-state index contributed by atoms with van der Waals surface area (Å²) in [7, 11) is -3.97. The number of benzene rings is 2. The topological polar surface area (TPSA) is 206 Å². The third-order valence-electron chi connectivity index (χ3n) is 9.81. The zero-order chi connectivity index (χ0) is 44.4. The van der Waals surface area contributed by atoms with Gasteiger partial charge in [0.05, 0.1) is 25.5 Å². The predicted octanol–water partition coefficient (Wildman–Crippen LogP) is 5.91. The van der Waals surface area contributed by atoms with Gasteiger partial charge in [0.15, 0.2) is 16.6 Å². The summed E-state index contributed by atoms with van der Waals surface area (Å²) in [6, 6.07) is 19.1. The van der Waals surface area contributed by atoms with Crippen LogP contribution in [0.25, 0.3) is 0 Å². The molecule has 2 aromatic heterocycles. The highest BCUT2D eigenvalue weighted by Crippen LogP contribution is 2.24. The Morgan fingerprint density at radius 2 is 0.984 bits per heavy atom. The van der Waals surface area contributed by atoms with Crippen molar-refractivity contribution in [3.63, 3.8) is 0 Å². The molecule has 0 saturated heterocycles. The van der Waals surface area contributed by atoms with Crippen molar-refractivity contribution in [3.8, 4) is 0 Å². The molecule has 4 amide bonds. The fraction of sp³-hybridized carbons (Fsp3) is 0.524. The molecular formula is C42H64N10O7Si2. The van der Waals surface area contributed by atoms with Gasteiger partial charge in [0.1, 0.15) is 36.7 Å². The summed E-state index contributed by atoms with van der Waals surface area (Å²) in [4.78, 5) is 50.8. The lowest BCUT2D eigenvalue weighted by Gasteiger charge is -2.34. The zero-order valence-electron chi connectivity index (χ0n) is 36.8. The minimum absolute atomic E-state index is 0.116. The maximum atomic E-state index is 13.0. The SMILES string of the molecule is CC(C)C(NC(=O)OCc1ccccc1)C(=O)NCc1cn(CCC[Si](C)(C)O[Si](C)(C)CCCn2cc(CNC(=O)C(NC(=O)OCc3ccccc3)C(C)C)nn2)nn1. The number of aryl methyl sites for hydroxylation is 2. The van der Waals surface area contributed by atoms with Crippen LogP contribution >= 0.6 is 0 Å². The van der Waals surface area contributed by atoms with Crippen molar-refractivity contribution in [2.24, 2.45) is 11.8 Å². The Bertz CT molecular complexity index is 1840. The van der Waals surface area contributed by atoms with Crippen molar-refractivity contribution >= 4 is 40.6 Å². The summed E-state index contributed by atoms with van der Waals surface area (Å²) >= 11 is 0. The molecule has 0 aliphatic rings. The number of alkyl carbamates (subject to hydrolysis) is 2. The van der Waals surface area contributed by atoms with E-state index in [1.165, 1.54) is 0 Å². The molecule has 332 valence electrons. The Morgan fingerprint density at radius 1 is 0.607 bits per heavy atom. The van der Waals surface area contributed by atoms with Gasteiger partial charge in [-0.3, -0.25) is 19.0 Å². The van der Waals surface area contributed by atoms with E-state index in [2.05, 4.69) is 68.1 Å². The number of hydrogen-bond acceptors (Lipinski definition) is 11. The third-order valence-corrected chi connectivity index (χ3v) is 17.4. The van der Waals surface area contributed by atoms with Crippen molar-refractivity contribution in [1.82, 2.24) is 51.3 Å². The number of amides is 4. The van der Waals surface area contributed by atoms with Gasteiger partial charge in [-0.25, -0.2) is 9.59 Å². The molecule has 19 heteroatoms. The van der Waals surface area contributed by atoms with Crippen molar-refractivity contribution < 1.29 is 32.8 Å². The van der Waals surface area contributed by atoms with Crippen LogP contribution in [0.2, 0.25) is 38.3 Å². The minimum Gasteiger partial charge on any atom is -0.455 e. The van der Waals surface area contributed by atoms with Gasteiger partial charge >= 0.3 is 12.2 Å². The number of hydrogen-bond donors (Lipinski definition) is 4. The van der Waals surface area contributed by atoms with E-state index in [1.54, 1.807) is 9.36 Å². The molecule has 0 saturated carbocycles. The summed E-state index contributed by atoms with van der Waals surface area (Å²) in [6.45, 7) is 18.4. The second-order valence-electron chi connectivity index (χ2n) is 17.1. The van der Waals surface area contributed by atoms with Gasteiger partial charge in [-0.2, -0.15) is 0 Å². The van der Waals surface area contributed by atoms with Crippen molar-refractivity contribution in [2.75, 3.05) is 0 Å². The first-order chi connectivity index (χ1) is 29.0. The van der Waals surface area contributed by atoms with Crippen LogP contribution in [0.15, 0.2) is 73.1 Å². The number of rotatable bonds is 24. The molecule has 2 aromatic carbocycles. The Morgan fingerprint density at radius 3 is 1.34 bits per heavy atom. The zero-order valence-corrected chi connectivity index (χ0v) is 38.8. The third kappa shape index (κ3) is 17.6. The smallest absolute Gasteiger partial charge is 0.408 e. The van der Waals surface area contributed by atoms with Crippen LogP contribution in [0, 0.1) is 11.8 Å². The highest BCUT2D eigenvalue weighted by molar-refractivity contribution is 6.84. The van der Waals surface area contributed by atoms with E-state index < -0.39 is 40.9 Å². The highest BCUT2D eigenvalue weighted by Gasteiger charge is 2.32. The number of nitrogens with one attached hydrogen (secondary N) is 4. The number of carbonyl (C=O) groups excluding carboxylic acids is 4. The van der Waals surface area contributed by atoms with Crippen molar-refractivity contribution in [2.45, 2.75) is 130 Å². The van der Waals surface area contributed by atoms with Crippen LogP contribution in [0.4, 0.5) is 9.59 Å². The quantitative estimate of drug-likeness (QED) is 0.0609. The Balaban J connectivity index is 1.12. The molecule has 4 aromatic rings. The molecule has 0 fully saturated rings. The average molecular weight is 877 g/mol. The van der Waals surface area contributed by atoms with E-state index in [0.717, 1.165) is 36.1 Å². The summed E-state index contributed by atoms with van der Waals surface area (Å²) in [6.07, 6.45) is 4.12. The average Bonchev–Trinajstić information content (AvgIpc) is 3.87. The monoisotopic (exact) mass is 876 g/mol. The summed E-state index contributed by atoms with van der Waals surface area (Å²) in [5, 5.41) is 28.1. The van der Waals surface area contributed by atoms with Gasteiger partial charge < -0.3 is 34.9 Å². The van der Waals surface area contributed by atoms with Gasteiger partial charge in [-0.05, 0) is 74.1 Å². The lowest BCUT2D eigenvalue weighted by molar-refractivity contribution is -0.125. The lowest BCUT2D eigenvalue weighted by Crippen LogP contribution is -2.49. The van der Waals surface area contributed by atoms with E-state index in [-0.39, 0.29) is 50.0 Å². The van der Waals surface area contributed by atoms with E-state index in [1.807, 2.05) is 101 Å². The van der Waals surface area contributed by atoms with Gasteiger partial charge in [0.2, 0.25) is 11.8 Å². The Labute approximate surface area is 361 Å². The van der Waals surface area contributed by atoms with E-state index in [0.29, 0.717) is 24.5 Å². The molecule has 0 spiro atoms. The van der Waals surface area contributed by atoms with Crippen LogP contribution in [0.3, 0.4) is 0 Å². The summed E-state index contributed by atoms with van der Waals surface area (Å²) in [5.41, 5.74) is 2.97. The molecule has 0 bridgehead atoms. The standard InChI is InChI=1S/C42H64N10O7Si2/c1-31(2)37(45-41(55)57-29-33-17-11-9-12-18-33)39(53)43-25-35-27-51(49-47-35)21-15-23-60(5,6)59-61(7,8)24-16-22-52-28-36(48-50-52)26-44-40(54)38(32(3)4)46-42(56)58-30-34-19-13-10-14-20-34/h9-14,17-20,27-28,31-32,37-38H,15-16,21-26,29-30H2,1-8H3,(H,43,53)(H,44,54)(H,45,55)(H,46,56). The van der Waals surface area contributed by atoms with Crippen LogP contribution in [0.5, 0.6) is 0 Å². The van der Waals surface area contributed by atoms with Crippen LogP contribution in [-0.2, 0) is 62.6 Å². The maximum Gasteiger partial charge on any atom is 0.408 e. The summed E-state index contributed by atoms with van der Waals surface area (Å²) in [5.74, 6) is -0.957. The first-order valence-corrected chi connectivity index (χ1v) is 27.2. The molecule has 4 N–H and O–H groups in total. The molecule has 4 rings (SSSR count). The van der Waals surface area contributed by atoms with Crippen molar-refractivity contribution in [1.29, 1.82) is 0 Å². The van der Waals surface area contributed by atoms with E-state index >= 15 is 0 Å². The fourth-order valence-electron chi connectivity index (χ4n) is 6.67. The van der Waals surface area contributed by atoms with Crippen LogP contribution < -0.4 is 21.3 Å². The second-order valence-corrected chi connectivity index (χ2v) is 25.9. The molecular weight excluding hydrogens is 813 g/mol. The van der Waals surface area contributed by atoms with Crippen LogP contribution in [-0.4, -0.2) is 82.7 Å². The van der Waals surface area contributed by atoms with Gasteiger partial charge in [0, 0.05) is 13.1 Å². The highest BCUT2D eigenvalue weighted by atomic mass is 28.4. The normalized spacial score (nSPS) is 12.8. The Kier molecular flexibility index (Phi) is 18.6. The molecule has 0 aliphatic heterocycles. The first-order valence-electron chi connectivity index (χ1n) is 21.0. The largest absolute Gasteiger partial charge is 0.455 e. The number of ether oxygens (including phenoxy) is 2. The Hall–Kier alpha value is -5.41. The predicted molar refractivity (Wildman–Crippen MR) is 235 cm³/mol. The molecule has 2 heterocycles. The molecule has 2 atom stereocenters. The van der Waals surface area contributed by atoms with Gasteiger partial charge in [-0.1, -0.05) is 98.8 Å². The van der Waals surface area contributed by atoms with Gasteiger partial charge in [0.25, 0.3) is 0 Å². The maximum absolute atomic E-state index is 13.0. The van der Waals surface area contributed by atoms with E-state index in [4.69, 9.17) is 13.6 Å². The summed E-state index contributed by atoms with van der Waals surface area (Å²) < 4.78 is 21.1. The van der Waals surface area contributed by atoms with E-state index in [9.17, 15) is 19.2 Å². The number of nitrogens with zero attached hydrogens (tertiary/aromatic N) is 6. The minimum atomic E-state index is -1.98. The first kappa shape index (κ1) is 48.3. The van der Waals surface area contributed by atoms with Gasteiger partial charge in [-0.15, -0.1) is 10.2 Å². The van der Waals surface area contributed by atoms with Crippen molar-refractivity contribution in [3.05, 3.63) is 95.6 Å². The lowest BCUT2D eigenvalue weighted by atomic mass is 10.0.